The monoisotopic (exact) mass is 481 g/mol. The molecule has 6 nitrogen and oxygen atoms in total. The molecule has 0 bridgehead atoms. The van der Waals surface area contributed by atoms with Gasteiger partial charge in [0, 0.05) is 29.9 Å². The number of fused-ring (bicyclic) bond motifs is 1. The van der Waals surface area contributed by atoms with Gasteiger partial charge >= 0.3 is 0 Å². The lowest BCUT2D eigenvalue weighted by atomic mass is 9.80. The van der Waals surface area contributed by atoms with E-state index in [9.17, 15) is 9.59 Å². The summed E-state index contributed by atoms with van der Waals surface area (Å²) in [4.78, 5) is 29.4. The number of nitrogens with one attached hydrogen (secondary N) is 1. The fourth-order valence-corrected chi connectivity index (χ4v) is 4.92. The third-order valence-corrected chi connectivity index (χ3v) is 6.82. The second kappa shape index (κ2) is 8.83. The number of carbonyl (C=O) groups excluding carboxylic acids is 2. The topological polar surface area (TPSA) is 61.9 Å². The number of hydrogen-bond donors (Lipinski definition) is 1. The summed E-state index contributed by atoms with van der Waals surface area (Å²) in [5.74, 6) is -1.01. The number of rotatable bonds is 4. The van der Waals surface area contributed by atoms with Crippen molar-refractivity contribution in [3.05, 3.63) is 58.9 Å². The number of thiocarbonyl (C=S) groups is 1. The Morgan fingerprint density at radius 2 is 2.00 bits per heavy atom. The van der Waals surface area contributed by atoms with Crippen LogP contribution in [-0.4, -0.2) is 36.1 Å². The van der Waals surface area contributed by atoms with E-state index in [1.165, 1.54) is 17.0 Å². The number of halogens is 1. The zero-order valence-electron chi connectivity index (χ0n) is 19.9. The first-order chi connectivity index (χ1) is 16.0. The van der Waals surface area contributed by atoms with Crippen LogP contribution in [0, 0.1) is 5.82 Å². The normalized spacial score (nSPS) is 20.9. The fourth-order valence-electron chi connectivity index (χ4n) is 4.64. The summed E-state index contributed by atoms with van der Waals surface area (Å²) < 4.78 is 20.7. The SMILES string of the molecule is CCOc1cccc(N2C(=O)/C(=C\c3cc4c(cc3F)N(C)C(C)(C)CC4C)C(=O)NC2=S)c1. The molecule has 1 N–H and O–H groups in total. The molecule has 0 spiro atoms. The largest absolute Gasteiger partial charge is 0.494 e. The molecule has 2 aromatic rings. The summed E-state index contributed by atoms with van der Waals surface area (Å²) in [6, 6.07) is 10.1. The maximum Gasteiger partial charge on any atom is 0.270 e. The minimum absolute atomic E-state index is 0.0378. The molecule has 0 saturated carbocycles. The van der Waals surface area contributed by atoms with Crippen LogP contribution in [0.2, 0.25) is 0 Å². The van der Waals surface area contributed by atoms with Crippen LogP contribution in [-0.2, 0) is 9.59 Å². The second-order valence-corrected chi connectivity index (χ2v) is 9.68. The van der Waals surface area contributed by atoms with Crippen molar-refractivity contribution in [2.75, 3.05) is 23.5 Å². The Bertz CT molecular complexity index is 1220. The molecular formula is C26H28FN3O3S. The minimum Gasteiger partial charge on any atom is -0.494 e. The maximum atomic E-state index is 15.2. The molecule has 1 unspecified atom stereocenters. The van der Waals surface area contributed by atoms with Gasteiger partial charge in [-0.3, -0.25) is 19.8 Å². The first kappa shape index (κ1) is 23.9. The van der Waals surface area contributed by atoms with E-state index in [4.69, 9.17) is 17.0 Å². The molecule has 2 amide bonds. The highest BCUT2D eigenvalue weighted by molar-refractivity contribution is 7.80. The van der Waals surface area contributed by atoms with E-state index in [-0.39, 0.29) is 27.7 Å². The molecule has 34 heavy (non-hydrogen) atoms. The number of carbonyl (C=O) groups is 2. The summed E-state index contributed by atoms with van der Waals surface area (Å²) in [6.45, 7) is 8.68. The van der Waals surface area contributed by atoms with Crippen molar-refractivity contribution in [2.45, 2.75) is 45.6 Å². The van der Waals surface area contributed by atoms with E-state index in [0.717, 1.165) is 17.7 Å². The van der Waals surface area contributed by atoms with Gasteiger partial charge in [0.15, 0.2) is 5.11 Å². The second-order valence-electron chi connectivity index (χ2n) is 9.30. The Labute approximate surface area is 204 Å². The number of benzene rings is 2. The van der Waals surface area contributed by atoms with Crippen LogP contribution in [0.15, 0.2) is 42.0 Å². The maximum absolute atomic E-state index is 15.2. The molecule has 2 aliphatic heterocycles. The summed E-state index contributed by atoms with van der Waals surface area (Å²) in [7, 11) is 1.95. The lowest BCUT2D eigenvalue weighted by Gasteiger charge is -2.45. The highest BCUT2D eigenvalue weighted by atomic mass is 32.1. The van der Waals surface area contributed by atoms with Crippen molar-refractivity contribution >= 4 is 46.6 Å². The van der Waals surface area contributed by atoms with Crippen LogP contribution in [0.5, 0.6) is 5.75 Å². The van der Waals surface area contributed by atoms with Gasteiger partial charge in [-0.25, -0.2) is 4.39 Å². The highest BCUT2D eigenvalue weighted by Crippen LogP contribution is 2.43. The highest BCUT2D eigenvalue weighted by Gasteiger charge is 2.37. The molecule has 4 rings (SSSR count). The zero-order valence-corrected chi connectivity index (χ0v) is 20.8. The summed E-state index contributed by atoms with van der Waals surface area (Å²) >= 11 is 5.27. The number of nitrogens with zero attached hydrogens (tertiary/aromatic N) is 2. The molecule has 2 aliphatic rings. The van der Waals surface area contributed by atoms with Gasteiger partial charge in [0.2, 0.25) is 0 Å². The summed E-state index contributed by atoms with van der Waals surface area (Å²) in [6.07, 6.45) is 2.21. The molecule has 0 radical (unpaired) electrons. The molecule has 0 aromatic heterocycles. The van der Waals surface area contributed by atoms with Crippen LogP contribution >= 0.6 is 12.2 Å². The lowest BCUT2D eigenvalue weighted by Crippen LogP contribution is -2.54. The van der Waals surface area contributed by atoms with Crippen LogP contribution in [0.25, 0.3) is 6.08 Å². The fraction of sp³-hybridized carbons (Fsp3) is 0.346. The Hall–Kier alpha value is -3.26. The molecule has 0 aliphatic carbocycles. The van der Waals surface area contributed by atoms with Crippen molar-refractivity contribution in [3.8, 4) is 5.75 Å². The van der Waals surface area contributed by atoms with Gasteiger partial charge in [-0.1, -0.05) is 13.0 Å². The smallest absolute Gasteiger partial charge is 0.270 e. The first-order valence-corrected chi connectivity index (χ1v) is 11.7. The van der Waals surface area contributed by atoms with E-state index in [1.54, 1.807) is 30.3 Å². The van der Waals surface area contributed by atoms with E-state index in [1.807, 2.05) is 14.0 Å². The molecule has 2 aromatic carbocycles. The van der Waals surface area contributed by atoms with E-state index in [0.29, 0.717) is 18.0 Å². The Balaban J connectivity index is 1.75. The Morgan fingerprint density at radius 1 is 1.26 bits per heavy atom. The summed E-state index contributed by atoms with van der Waals surface area (Å²) in [5, 5.41) is 2.51. The molecular weight excluding hydrogens is 453 g/mol. The third-order valence-electron chi connectivity index (χ3n) is 6.54. The van der Waals surface area contributed by atoms with Crippen LogP contribution in [0.1, 0.15) is 51.2 Å². The quantitative estimate of drug-likeness (QED) is 0.387. The lowest BCUT2D eigenvalue weighted by molar-refractivity contribution is -0.122. The molecule has 1 atom stereocenters. The van der Waals surface area contributed by atoms with Crippen LogP contribution < -0.4 is 19.9 Å². The van der Waals surface area contributed by atoms with Gasteiger partial charge in [0.25, 0.3) is 11.8 Å². The standard InChI is InChI=1S/C26H28FN3O3S/c1-6-33-18-9-7-8-17(12-18)30-24(32)20(23(31)28-25(30)34)11-16-10-19-15(2)14-26(3,4)29(5)22(19)13-21(16)27/h7-13,15H,6,14H2,1-5H3,(H,28,31,34)/b20-11-. The zero-order chi connectivity index (χ0) is 24.8. The molecule has 1 fully saturated rings. The van der Waals surface area contributed by atoms with Gasteiger partial charge in [-0.2, -0.15) is 0 Å². The van der Waals surface area contributed by atoms with Crippen molar-refractivity contribution < 1.29 is 18.7 Å². The van der Waals surface area contributed by atoms with Crippen molar-refractivity contribution in [3.63, 3.8) is 0 Å². The summed E-state index contributed by atoms with van der Waals surface area (Å²) in [5.41, 5.74) is 2.15. The molecule has 1 saturated heterocycles. The van der Waals surface area contributed by atoms with Gasteiger partial charge in [-0.05, 0) is 81.2 Å². The molecule has 2 heterocycles. The number of ether oxygens (including phenoxy) is 1. The average Bonchev–Trinajstić information content (AvgIpc) is 2.76. The van der Waals surface area contributed by atoms with E-state index in [2.05, 4.69) is 31.0 Å². The van der Waals surface area contributed by atoms with Gasteiger partial charge in [0.1, 0.15) is 17.1 Å². The van der Waals surface area contributed by atoms with Crippen molar-refractivity contribution in [1.29, 1.82) is 0 Å². The van der Waals surface area contributed by atoms with Gasteiger partial charge < -0.3 is 9.64 Å². The molecule has 178 valence electrons. The number of hydrogen-bond acceptors (Lipinski definition) is 5. The van der Waals surface area contributed by atoms with E-state index < -0.39 is 17.6 Å². The minimum atomic E-state index is -0.657. The van der Waals surface area contributed by atoms with Crippen LogP contribution in [0.3, 0.4) is 0 Å². The van der Waals surface area contributed by atoms with Gasteiger partial charge in [-0.15, -0.1) is 0 Å². The average molecular weight is 482 g/mol. The predicted molar refractivity (Wildman–Crippen MR) is 136 cm³/mol. The van der Waals surface area contributed by atoms with Crippen molar-refractivity contribution in [2.24, 2.45) is 0 Å². The van der Waals surface area contributed by atoms with Crippen molar-refractivity contribution in [1.82, 2.24) is 5.32 Å². The van der Waals surface area contributed by atoms with Crippen LogP contribution in [0.4, 0.5) is 15.8 Å². The van der Waals surface area contributed by atoms with Gasteiger partial charge in [0.05, 0.1) is 12.3 Å². The Kier molecular flexibility index (Phi) is 6.20. The van der Waals surface area contributed by atoms with E-state index >= 15 is 4.39 Å². The molecule has 8 heteroatoms. The number of amides is 2. The number of anilines is 2. The third kappa shape index (κ3) is 4.18. The Morgan fingerprint density at radius 3 is 2.71 bits per heavy atom. The first-order valence-electron chi connectivity index (χ1n) is 11.2. The predicted octanol–water partition coefficient (Wildman–Crippen LogP) is 4.78.